The molecule has 2 rings (SSSR count). The van der Waals surface area contributed by atoms with Crippen molar-refractivity contribution >= 4 is 0 Å². The Labute approximate surface area is 102 Å². The number of ether oxygens (including phenoxy) is 1. The molecule has 0 saturated heterocycles. The van der Waals surface area contributed by atoms with Crippen molar-refractivity contribution in [3.63, 3.8) is 0 Å². The van der Waals surface area contributed by atoms with Crippen molar-refractivity contribution in [3.8, 4) is 17.1 Å². The average Bonchev–Trinajstić information content (AvgIpc) is 2.86. The first-order valence-corrected chi connectivity index (χ1v) is 5.14. The molecule has 1 heterocycles. The van der Waals surface area contributed by atoms with Gasteiger partial charge in [-0.05, 0) is 18.2 Å². The molecule has 0 unspecified atom stereocenters. The summed E-state index contributed by atoms with van der Waals surface area (Å²) in [6.07, 6.45) is -2.63. The smallest absolute Gasteiger partial charge is 0.264 e. The molecular formula is C11H11F2N3O2. The summed E-state index contributed by atoms with van der Waals surface area (Å²) in [5.74, 6) is 0.700. The molecular weight excluding hydrogens is 244 g/mol. The molecule has 5 nitrogen and oxygen atoms in total. The minimum absolute atomic E-state index is 0.0565. The maximum atomic E-state index is 12.9. The van der Waals surface area contributed by atoms with E-state index in [0.717, 1.165) is 0 Å². The Morgan fingerprint density at radius 2 is 2.22 bits per heavy atom. The molecule has 2 aromatic rings. The summed E-state index contributed by atoms with van der Waals surface area (Å²) in [4.78, 5) is 3.93. The Bertz CT molecular complexity index is 543. The lowest BCUT2D eigenvalue weighted by molar-refractivity contribution is 0.152. The fraction of sp³-hybridized carbons (Fsp3) is 0.273. The molecule has 0 bridgehead atoms. The van der Waals surface area contributed by atoms with Gasteiger partial charge < -0.3 is 15.0 Å². The predicted octanol–water partition coefficient (Wildman–Crippen LogP) is 2.14. The van der Waals surface area contributed by atoms with E-state index >= 15 is 0 Å². The van der Waals surface area contributed by atoms with Crippen LogP contribution in [0.5, 0.6) is 5.75 Å². The van der Waals surface area contributed by atoms with Gasteiger partial charge in [0, 0.05) is 11.1 Å². The van der Waals surface area contributed by atoms with E-state index in [2.05, 4.69) is 10.1 Å². The third-order valence-corrected chi connectivity index (χ3v) is 2.38. The Hall–Kier alpha value is -2.02. The largest absolute Gasteiger partial charge is 0.497 e. The Kier molecular flexibility index (Phi) is 3.52. The van der Waals surface area contributed by atoms with E-state index in [9.17, 15) is 8.78 Å². The average molecular weight is 255 g/mol. The van der Waals surface area contributed by atoms with Crippen LogP contribution in [0.4, 0.5) is 8.78 Å². The van der Waals surface area contributed by atoms with Crippen molar-refractivity contribution < 1.29 is 18.0 Å². The van der Waals surface area contributed by atoms with E-state index in [1.165, 1.54) is 25.3 Å². The number of alkyl halides is 2. The minimum atomic E-state index is -2.63. The zero-order chi connectivity index (χ0) is 13.1. The van der Waals surface area contributed by atoms with Gasteiger partial charge in [-0.2, -0.15) is 4.98 Å². The van der Waals surface area contributed by atoms with Crippen LogP contribution in [-0.4, -0.2) is 17.3 Å². The van der Waals surface area contributed by atoms with Crippen LogP contribution >= 0.6 is 0 Å². The lowest BCUT2D eigenvalue weighted by Gasteiger charge is -2.07. The first-order valence-electron chi connectivity index (χ1n) is 5.14. The number of benzene rings is 1. The van der Waals surface area contributed by atoms with Gasteiger partial charge in [0.05, 0.1) is 13.7 Å². The maximum Gasteiger partial charge on any atom is 0.264 e. The first-order chi connectivity index (χ1) is 8.65. The highest BCUT2D eigenvalue weighted by Gasteiger charge is 2.19. The van der Waals surface area contributed by atoms with Crippen molar-refractivity contribution in [3.05, 3.63) is 29.7 Å². The monoisotopic (exact) mass is 255 g/mol. The van der Waals surface area contributed by atoms with Gasteiger partial charge in [-0.3, -0.25) is 0 Å². The molecule has 0 amide bonds. The molecule has 0 aliphatic carbocycles. The van der Waals surface area contributed by atoms with Crippen LogP contribution in [0.25, 0.3) is 11.4 Å². The van der Waals surface area contributed by atoms with Crippen LogP contribution in [0.1, 0.15) is 17.9 Å². The predicted molar refractivity (Wildman–Crippen MR) is 59.1 cm³/mol. The number of halogens is 2. The molecule has 1 aromatic carbocycles. The van der Waals surface area contributed by atoms with Crippen molar-refractivity contribution in [2.45, 2.75) is 13.0 Å². The zero-order valence-corrected chi connectivity index (χ0v) is 9.56. The summed E-state index contributed by atoms with van der Waals surface area (Å²) in [5.41, 5.74) is 5.32. The number of hydrogen-bond donors (Lipinski definition) is 1. The fourth-order valence-electron chi connectivity index (χ4n) is 1.49. The third kappa shape index (κ3) is 2.30. The molecule has 96 valence electrons. The lowest BCUT2D eigenvalue weighted by atomic mass is 10.1. The molecule has 0 aliphatic rings. The standard InChI is InChI=1S/C11H11F2N3O2/c1-17-6-2-3-7(10(12)13)8(4-6)11-15-9(5-14)18-16-11/h2-4,10H,5,14H2,1H3. The van der Waals surface area contributed by atoms with Gasteiger partial charge in [0.25, 0.3) is 6.43 Å². The number of methoxy groups -OCH3 is 1. The van der Waals surface area contributed by atoms with Crippen LogP contribution in [0.2, 0.25) is 0 Å². The number of rotatable bonds is 4. The van der Waals surface area contributed by atoms with Gasteiger partial charge >= 0.3 is 0 Å². The van der Waals surface area contributed by atoms with Crippen molar-refractivity contribution in [2.24, 2.45) is 5.73 Å². The number of hydrogen-bond acceptors (Lipinski definition) is 5. The third-order valence-electron chi connectivity index (χ3n) is 2.38. The Morgan fingerprint density at radius 3 is 2.78 bits per heavy atom. The van der Waals surface area contributed by atoms with E-state index in [-0.39, 0.29) is 29.4 Å². The highest BCUT2D eigenvalue weighted by Crippen LogP contribution is 2.32. The minimum Gasteiger partial charge on any atom is -0.497 e. The van der Waals surface area contributed by atoms with Crippen LogP contribution in [0, 0.1) is 0 Å². The van der Waals surface area contributed by atoms with Crippen molar-refractivity contribution in [1.29, 1.82) is 0 Å². The van der Waals surface area contributed by atoms with Gasteiger partial charge in [0.15, 0.2) is 0 Å². The second-order valence-corrected chi connectivity index (χ2v) is 3.47. The maximum absolute atomic E-state index is 12.9. The van der Waals surface area contributed by atoms with Gasteiger partial charge in [0.1, 0.15) is 5.75 Å². The molecule has 2 N–H and O–H groups in total. The summed E-state index contributed by atoms with van der Waals surface area (Å²) in [7, 11) is 1.45. The summed E-state index contributed by atoms with van der Waals surface area (Å²) in [5, 5.41) is 3.62. The van der Waals surface area contributed by atoms with Crippen LogP contribution in [0.15, 0.2) is 22.7 Å². The van der Waals surface area contributed by atoms with Crippen LogP contribution in [0.3, 0.4) is 0 Å². The zero-order valence-electron chi connectivity index (χ0n) is 9.56. The molecule has 18 heavy (non-hydrogen) atoms. The van der Waals surface area contributed by atoms with E-state index in [0.29, 0.717) is 5.75 Å². The van der Waals surface area contributed by atoms with E-state index < -0.39 is 6.43 Å². The van der Waals surface area contributed by atoms with E-state index in [1.807, 2.05) is 0 Å². The molecule has 0 fully saturated rings. The summed E-state index contributed by atoms with van der Waals surface area (Å²) in [6.45, 7) is 0.0565. The van der Waals surface area contributed by atoms with E-state index in [4.69, 9.17) is 15.0 Å². The Morgan fingerprint density at radius 1 is 1.44 bits per heavy atom. The summed E-state index contributed by atoms with van der Waals surface area (Å²) >= 11 is 0. The van der Waals surface area contributed by atoms with Gasteiger partial charge in [-0.25, -0.2) is 8.78 Å². The first kappa shape index (κ1) is 12.4. The van der Waals surface area contributed by atoms with E-state index in [1.54, 1.807) is 0 Å². The normalized spacial score (nSPS) is 10.9. The fourth-order valence-corrected chi connectivity index (χ4v) is 1.49. The number of aromatic nitrogens is 2. The number of nitrogens with two attached hydrogens (primary N) is 1. The van der Waals surface area contributed by atoms with Crippen molar-refractivity contribution in [1.82, 2.24) is 10.1 Å². The molecule has 0 atom stereocenters. The highest BCUT2D eigenvalue weighted by atomic mass is 19.3. The SMILES string of the molecule is COc1ccc(C(F)F)c(-c2noc(CN)n2)c1. The second-order valence-electron chi connectivity index (χ2n) is 3.47. The highest BCUT2D eigenvalue weighted by molar-refractivity contribution is 5.62. The lowest BCUT2D eigenvalue weighted by Crippen LogP contribution is -1.97. The molecule has 7 heteroatoms. The summed E-state index contributed by atoms with van der Waals surface area (Å²) < 4.78 is 35.6. The quantitative estimate of drug-likeness (QED) is 0.905. The molecule has 0 aliphatic heterocycles. The van der Waals surface area contributed by atoms with Crippen LogP contribution in [-0.2, 0) is 6.54 Å². The van der Waals surface area contributed by atoms with Crippen LogP contribution < -0.4 is 10.5 Å². The summed E-state index contributed by atoms with van der Waals surface area (Å²) in [6, 6.07) is 4.17. The van der Waals surface area contributed by atoms with Crippen molar-refractivity contribution in [2.75, 3.05) is 7.11 Å². The number of nitrogens with zero attached hydrogens (tertiary/aromatic N) is 2. The van der Waals surface area contributed by atoms with Gasteiger partial charge in [-0.1, -0.05) is 5.16 Å². The van der Waals surface area contributed by atoms with Gasteiger partial charge in [-0.15, -0.1) is 0 Å². The Balaban J connectivity index is 2.52. The van der Waals surface area contributed by atoms with Gasteiger partial charge in [0.2, 0.25) is 11.7 Å². The topological polar surface area (TPSA) is 74.2 Å². The second kappa shape index (κ2) is 5.09. The molecule has 0 radical (unpaired) electrons. The molecule has 0 spiro atoms. The molecule has 0 saturated carbocycles. The molecule has 1 aromatic heterocycles.